The van der Waals surface area contributed by atoms with E-state index in [-0.39, 0.29) is 19.6 Å². The Morgan fingerprint density at radius 3 is 2.17 bits per heavy atom. The summed E-state index contributed by atoms with van der Waals surface area (Å²) in [4.78, 5) is 23.1. The number of hydrogen-bond donors (Lipinski definition) is 3. The number of carbonyl (C=O) groups excluding carboxylic acids is 1. The lowest BCUT2D eigenvalue weighted by Gasteiger charge is -2.15. The van der Waals surface area contributed by atoms with Crippen LogP contribution < -0.4 is 5.32 Å². The fourth-order valence-corrected chi connectivity index (χ4v) is 2.12. The molecule has 0 aromatic heterocycles. The van der Waals surface area contributed by atoms with E-state index in [9.17, 15) is 14.7 Å². The number of nitrogens with one attached hydrogen (secondary N) is 1. The smallest absolute Gasteiger partial charge is 0.408 e. The first-order valence-electron chi connectivity index (χ1n) is 7.47. The van der Waals surface area contributed by atoms with Crippen molar-refractivity contribution in [2.24, 2.45) is 0 Å². The van der Waals surface area contributed by atoms with E-state index in [0.717, 1.165) is 16.7 Å². The summed E-state index contributed by atoms with van der Waals surface area (Å²) in [5.74, 6) is -1.14. The molecule has 1 amide bonds. The lowest BCUT2D eigenvalue weighted by atomic mass is 10.0. The molecule has 24 heavy (non-hydrogen) atoms. The van der Waals surface area contributed by atoms with Crippen LogP contribution in [-0.2, 0) is 29.2 Å². The van der Waals surface area contributed by atoms with Crippen LogP contribution in [-0.4, -0.2) is 28.3 Å². The number of aliphatic carboxylic acids is 1. The van der Waals surface area contributed by atoms with E-state index < -0.39 is 18.1 Å². The minimum absolute atomic E-state index is 0.0736. The first kappa shape index (κ1) is 17.5. The Morgan fingerprint density at radius 2 is 1.58 bits per heavy atom. The largest absolute Gasteiger partial charge is 0.480 e. The number of aliphatic hydroxyl groups is 1. The van der Waals surface area contributed by atoms with Crippen molar-refractivity contribution in [3.8, 4) is 0 Å². The molecule has 3 N–H and O–H groups in total. The summed E-state index contributed by atoms with van der Waals surface area (Å²) in [5, 5.41) is 20.6. The van der Waals surface area contributed by atoms with Crippen LogP contribution >= 0.6 is 0 Å². The van der Waals surface area contributed by atoms with Gasteiger partial charge in [0.2, 0.25) is 0 Å². The average Bonchev–Trinajstić information content (AvgIpc) is 2.61. The maximum atomic E-state index is 11.8. The molecule has 0 saturated carbocycles. The zero-order valence-corrected chi connectivity index (χ0v) is 13.0. The number of amides is 1. The minimum Gasteiger partial charge on any atom is -0.480 e. The Hall–Kier alpha value is -2.86. The van der Waals surface area contributed by atoms with Crippen LogP contribution in [0.4, 0.5) is 4.79 Å². The second-order valence-electron chi connectivity index (χ2n) is 5.28. The highest BCUT2D eigenvalue weighted by Crippen LogP contribution is 2.08. The average molecular weight is 329 g/mol. The number of carbonyl (C=O) groups is 2. The number of rotatable bonds is 7. The van der Waals surface area contributed by atoms with Gasteiger partial charge >= 0.3 is 12.1 Å². The van der Waals surface area contributed by atoms with E-state index in [1.165, 1.54) is 0 Å². The van der Waals surface area contributed by atoms with Crippen molar-refractivity contribution in [1.82, 2.24) is 5.32 Å². The summed E-state index contributed by atoms with van der Waals surface area (Å²) in [6.07, 6.45) is -0.653. The molecule has 0 aliphatic heterocycles. The SMILES string of the molecule is O=C(NC(Cc1ccc(CO)cc1)C(=O)O)OCc1ccccc1. The summed E-state index contributed by atoms with van der Waals surface area (Å²) in [7, 11) is 0. The van der Waals surface area contributed by atoms with Crippen LogP contribution in [0.3, 0.4) is 0 Å². The number of carboxylic acid groups (broad SMARTS) is 1. The number of alkyl carbamates (subject to hydrolysis) is 1. The van der Waals surface area contributed by atoms with Crippen molar-refractivity contribution >= 4 is 12.1 Å². The molecule has 0 bridgehead atoms. The van der Waals surface area contributed by atoms with Crippen LogP contribution in [0.25, 0.3) is 0 Å². The number of benzene rings is 2. The quantitative estimate of drug-likeness (QED) is 0.723. The van der Waals surface area contributed by atoms with Gasteiger partial charge in [0.05, 0.1) is 6.61 Å². The molecular weight excluding hydrogens is 310 g/mol. The molecule has 2 aromatic rings. The fraction of sp³-hybridized carbons (Fsp3) is 0.222. The number of carboxylic acids is 1. The highest BCUT2D eigenvalue weighted by molar-refractivity contribution is 5.80. The van der Waals surface area contributed by atoms with Crippen LogP contribution in [0.15, 0.2) is 54.6 Å². The van der Waals surface area contributed by atoms with Crippen molar-refractivity contribution in [1.29, 1.82) is 0 Å². The summed E-state index contributed by atoms with van der Waals surface area (Å²) in [6, 6.07) is 14.9. The van der Waals surface area contributed by atoms with Gasteiger partial charge in [-0.1, -0.05) is 54.6 Å². The van der Waals surface area contributed by atoms with E-state index in [4.69, 9.17) is 9.84 Å². The summed E-state index contributed by atoms with van der Waals surface area (Å²) in [5.41, 5.74) is 2.29. The summed E-state index contributed by atoms with van der Waals surface area (Å²) < 4.78 is 5.04. The molecule has 126 valence electrons. The van der Waals surface area contributed by atoms with Gasteiger partial charge in [-0.15, -0.1) is 0 Å². The molecule has 1 unspecified atom stereocenters. The van der Waals surface area contributed by atoms with Gasteiger partial charge in [0.1, 0.15) is 12.6 Å². The Bertz CT molecular complexity index is 670. The molecule has 0 heterocycles. The van der Waals surface area contributed by atoms with Gasteiger partial charge < -0.3 is 20.3 Å². The Balaban J connectivity index is 1.90. The van der Waals surface area contributed by atoms with Crippen molar-refractivity contribution < 1.29 is 24.5 Å². The lowest BCUT2D eigenvalue weighted by Crippen LogP contribution is -2.42. The van der Waals surface area contributed by atoms with Gasteiger partial charge in [0.25, 0.3) is 0 Å². The molecule has 0 aliphatic rings. The highest BCUT2D eigenvalue weighted by Gasteiger charge is 2.21. The third-order valence-electron chi connectivity index (χ3n) is 3.45. The van der Waals surface area contributed by atoms with E-state index in [2.05, 4.69) is 5.32 Å². The van der Waals surface area contributed by atoms with E-state index in [1.54, 1.807) is 24.3 Å². The normalized spacial score (nSPS) is 11.5. The highest BCUT2D eigenvalue weighted by atomic mass is 16.5. The third-order valence-corrected chi connectivity index (χ3v) is 3.45. The Morgan fingerprint density at radius 1 is 0.958 bits per heavy atom. The van der Waals surface area contributed by atoms with Crippen molar-refractivity contribution in [2.45, 2.75) is 25.7 Å². The molecule has 0 fully saturated rings. The van der Waals surface area contributed by atoms with Gasteiger partial charge in [0.15, 0.2) is 0 Å². The number of hydrogen-bond acceptors (Lipinski definition) is 4. The molecule has 2 aromatic carbocycles. The zero-order chi connectivity index (χ0) is 17.4. The van der Waals surface area contributed by atoms with E-state index in [0.29, 0.717) is 0 Å². The van der Waals surface area contributed by atoms with Gasteiger partial charge in [-0.05, 0) is 16.7 Å². The summed E-state index contributed by atoms with van der Waals surface area (Å²) >= 11 is 0. The molecule has 0 saturated heterocycles. The Kier molecular flexibility index (Phi) is 6.33. The maximum absolute atomic E-state index is 11.8. The van der Waals surface area contributed by atoms with Crippen LogP contribution in [0.2, 0.25) is 0 Å². The summed E-state index contributed by atoms with van der Waals surface area (Å²) in [6.45, 7) is -0.00307. The van der Waals surface area contributed by atoms with Crippen LogP contribution in [0.1, 0.15) is 16.7 Å². The molecule has 0 spiro atoms. The monoisotopic (exact) mass is 329 g/mol. The van der Waals surface area contributed by atoms with E-state index in [1.807, 2.05) is 30.3 Å². The molecule has 1 atom stereocenters. The molecule has 0 radical (unpaired) electrons. The van der Waals surface area contributed by atoms with Gasteiger partial charge in [0, 0.05) is 6.42 Å². The molecule has 0 aliphatic carbocycles. The minimum atomic E-state index is -1.14. The topological polar surface area (TPSA) is 95.9 Å². The van der Waals surface area contributed by atoms with Crippen LogP contribution in [0, 0.1) is 0 Å². The number of aliphatic hydroxyl groups excluding tert-OH is 1. The van der Waals surface area contributed by atoms with Crippen LogP contribution in [0.5, 0.6) is 0 Å². The van der Waals surface area contributed by atoms with Gasteiger partial charge in [-0.2, -0.15) is 0 Å². The fourth-order valence-electron chi connectivity index (χ4n) is 2.12. The zero-order valence-electron chi connectivity index (χ0n) is 13.0. The predicted molar refractivity (Wildman–Crippen MR) is 87.3 cm³/mol. The van der Waals surface area contributed by atoms with Gasteiger partial charge in [-0.25, -0.2) is 9.59 Å². The first-order chi connectivity index (χ1) is 11.6. The van der Waals surface area contributed by atoms with Crippen molar-refractivity contribution in [3.63, 3.8) is 0 Å². The Labute approximate surface area is 139 Å². The predicted octanol–water partition coefficient (Wildman–Crippen LogP) is 2.10. The van der Waals surface area contributed by atoms with Crippen molar-refractivity contribution in [3.05, 3.63) is 71.3 Å². The van der Waals surface area contributed by atoms with E-state index >= 15 is 0 Å². The standard InChI is InChI=1S/C18H19NO5/c20-11-14-8-6-13(7-9-14)10-16(17(21)22)19-18(23)24-12-15-4-2-1-3-5-15/h1-9,16,20H,10-12H2,(H,19,23)(H,21,22). The number of ether oxygens (including phenoxy) is 1. The second-order valence-corrected chi connectivity index (χ2v) is 5.28. The molecule has 6 heteroatoms. The maximum Gasteiger partial charge on any atom is 0.408 e. The van der Waals surface area contributed by atoms with Crippen molar-refractivity contribution in [2.75, 3.05) is 0 Å². The molecule has 6 nitrogen and oxygen atoms in total. The van der Waals surface area contributed by atoms with Gasteiger partial charge in [-0.3, -0.25) is 0 Å². The second kappa shape index (κ2) is 8.69. The third kappa shape index (κ3) is 5.40. The molecular formula is C18H19NO5. The lowest BCUT2D eigenvalue weighted by molar-refractivity contribution is -0.139. The first-order valence-corrected chi connectivity index (χ1v) is 7.47. The molecule has 2 rings (SSSR count).